The van der Waals surface area contributed by atoms with Crippen LogP contribution < -0.4 is 0 Å². The quantitative estimate of drug-likeness (QED) is 0.809. The molecule has 1 aromatic heterocycles. The summed E-state index contributed by atoms with van der Waals surface area (Å²) >= 11 is 4.74. The predicted octanol–water partition coefficient (Wildman–Crippen LogP) is 1.05. The Bertz CT molecular complexity index is 295. The lowest BCUT2D eigenvalue weighted by Crippen LogP contribution is -2.44. The molecule has 0 aliphatic carbocycles. The predicted molar refractivity (Wildman–Crippen MR) is 60.4 cm³/mol. The number of piperazine rings is 1. The fraction of sp³-hybridized carbons (Fsp3) is 0.750. The van der Waals surface area contributed by atoms with Crippen LogP contribution in [0.15, 0.2) is 3.92 Å². The van der Waals surface area contributed by atoms with Crippen molar-refractivity contribution >= 4 is 27.5 Å². The van der Waals surface area contributed by atoms with Gasteiger partial charge in [-0.3, -0.25) is 4.90 Å². The highest BCUT2D eigenvalue weighted by atomic mass is 79.9. The van der Waals surface area contributed by atoms with Crippen LogP contribution in [0.1, 0.15) is 5.82 Å². The van der Waals surface area contributed by atoms with Crippen molar-refractivity contribution in [2.24, 2.45) is 0 Å². The average Bonchev–Trinajstić information content (AvgIpc) is 2.56. The van der Waals surface area contributed by atoms with Gasteiger partial charge >= 0.3 is 0 Å². The molecule has 0 N–H and O–H groups in total. The number of hydrogen-bond acceptors (Lipinski definition) is 5. The smallest absolute Gasteiger partial charge is 0.179 e. The Morgan fingerprint density at radius 1 is 1.36 bits per heavy atom. The molecule has 0 amide bonds. The molecule has 0 radical (unpaired) electrons. The second-order valence-electron chi connectivity index (χ2n) is 3.54. The lowest BCUT2D eigenvalue weighted by atomic mass is 10.3. The van der Waals surface area contributed by atoms with Crippen LogP contribution in [0, 0.1) is 0 Å². The van der Waals surface area contributed by atoms with E-state index in [0.717, 1.165) is 42.5 Å². The van der Waals surface area contributed by atoms with Gasteiger partial charge in [0.1, 0.15) is 0 Å². The van der Waals surface area contributed by atoms with Crippen LogP contribution in [-0.2, 0) is 6.54 Å². The van der Waals surface area contributed by atoms with Gasteiger partial charge in [0.2, 0.25) is 0 Å². The van der Waals surface area contributed by atoms with Crippen molar-refractivity contribution in [2.45, 2.75) is 6.54 Å². The minimum atomic E-state index is 0.877. The van der Waals surface area contributed by atoms with Gasteiger partial charge in [-0.05, 0) is 34.5 Å². The summed E-state index contributed by atoms with van der Waals surface area (Å²) < 4.78 is 5.13. The molecule has 0 atom stereocenters. The SMILES string of the molecule is CN1CCN(Cc2nsc(Br)n2)CC1. The van der Waals surface area contributed by atoms with Crippen LogP contribution in [0.2, 0.25) is 0 Å². The van der Waals surface area contributed by atoms with E-state index < -0.39 is 0 Å². The van der Waals surface area contributed by atoms with Crippen molar-refractivity contribution in [1.82, 2.24) is 19.2 Å². The Hall–Kier alpha value is -0.0400. The van der Waals surface area contributed by atoms with Crippen molar-refractivity contribution in [3.05, 3.63) is 9.74 Å². The van der Waals surface area contributed by atoms with Gasteiger partial charge in [0.25, 0.3) is 0 Å². The molecule has 78 valence electrons. The van der Waals surface area contributed by atoms with Crippen molar-refractivity contribution in [3.8, 4) is 0 Å². The van der Waals surface area contributed by atoms with Gasteiger partial charge in [-0.2, -0.15) is 4.37 Å². The minimum absolute atomic E-state index is 0.877. The normalized spacial score (nSPS) is 20.1. The van der Waals surface area contributed by atoms with Crippen molar-refractivity contribution in [3.63, 3.8) is 0 Å². The zero-order chi connectivity index (χ0) is 9.97. The molecule has 1 aliphatic rings. The molecule has 0 spiro atoms. The van der Waals surface area contributed by atoms with Gasteiger partial charge in [0.05, 0.1) is 6.54 Å². The van der Waals surface area contributed by atoms with Gasteiger partial charge in [-0.15, -0.1) is 0 Å². The number of hydrogen-bond donors (Lipinski definition) is 0. The number of halogens is 1. The van der Waals surface area contributed by atoms with Crippen molar-refractivity contribution in [2.75, 3.05) is 33.2 Å². The Balaban J connectivity index is 1.86. The molecular formula is C8H13BrN4S. The molecule has 0 saturated carbocycles. The van der Waals surface area contributed by atoms with Crippen LogP contribution >= 0.6 is 27.5 Å². The Labute approximate surface area is 96.2 Å². The van der Waals surface area contributed by atoms with E-state index in [0.29, 0.717) is 0 Å². The van der Waals surface area contributed by atoms with Crippen LogP contribution in [0.3, 0.4) is 0 Å². The van der Waals surface area contributed by atoms with E-state index in [4.69, 9.17) is 0 Å². The standard InChI is InChI=1S/C8H13BrN4S/c1-12-2-4-13(5-3-12)6-7-10-8(9)14-11-7/h2-6H2,1H3. The van der Waals surface area contributed by atoms with Gasteiger partial charge in [0, 0.05) is 26.2 Å². The van der Waals surface area contributed by atoms with Crippen LogP contribution in [0.5, 0.6) is 0 Å². The zero-order valence-corrected chi connectivity index (χ0v) is 10.5. The molecule has 1 aromatic rings. The molecule has 2 heterocycles. The van der Waals surface area contributed by atoms with Crippen LogP contribution in [-0.4, -0.2) is 52.4 Å². The molecular weight excluding hydrogens is 264 g/mol. The molecule has 14 heavy (non-hydrogen) atoms. The number of likely N-dealkylation sites (N-methyl/N-ethyl adjacent to an activating group) is 1. The van der Waals surface area contributed by atoms with E-state index in [1.54, 1.807) is 0 Å². The summed E-state index contributed by atoms with van der Waals surface area (Å²) in [5.41, 5.74) is 0. The highest BCUT2D eigenvalue weighted by Crippen LogP contribution is 2.13. The molecule has 1 saturated heterocycles. The van der Waals surface area contributed by atoms with Gasteiger partial charge in [-0.1, -0.05) is 0 Å². The van der Waals surface area contributed by atoms with Gasteiger partial charge < -0.3 is 4.90 Å². The van der Waals surface area contributed by atoms with E-state index >= 15 is 0 Å². The Morgan fingerprint density at radius 3 is 2.64 bits per heavy atom. The zero-order valence-electron chi connectivity index (χ0n) is 8.11. The molecule has 0 aromatic carbocycles. The van der Waals surface area contributed by atoms with E-state index in [1.165, 1.54) is 11.5 Å². The van der Waals surface area contributed by atoms with E-state index in [-0.39, 0.29) is 0 Å². The maximum Gasteiger partial charge on any atom is 0.179 e. The average molecular weight is 277 g/mol. The largest absolute Gasteiger partial charge is 0.304 e. The molecule has 0 bridgehead atoms. The summed E-state index contributed by atoms with van der Waals surface area (Å²) in [5, 5.41) is 0. The third kappa shape index (κ3) is 2.73. The van der Waals surface area contributed by atoms with Gasteiger partial charge in [0.15, 0.2) is 9.74 Å². The van der Waals surface area contributed by atoms with E-state index in [1.807, 2.05) is 0 Å². The fourth-order valence-electron chi connectivity index (χ4n) is 1.50. The monoisotopic (exact) mass is 276 g/mol. The van der Waals surface area contributed by atoms with Crippen molar-refractivity contribution in [1.29, 1.82) is 0 Å². The highest BCUT2D eigenvalue weighted by Gasteiger charge is 2.15. The second kappa shape index (κ2) is 4.65. The highest BCUT2D eigenvalue weighted by molar-refractivity contribution is 9.11. The third-order valence-electron chi connectivity index (χ3n) is 2.40. The summed E-state index contributed by atoms with van der Waals surface area (Å²) in [5.74, 6) is 0.937. The topological polar surface area (TPSA) is 32.3 Å². The Kier molecular flexibility index (Phi) is 3.48. The molecule has 4 nitrogen and oxygen atoms in total. The summed E-state index contributed by atoms with van der Waals surface area (Å²) in [6, 6.07) is 0. The van der Waals surface area contributed by atoms with Gasteiger partial charge in [-0.25, -0.2) is 4.98 Å². The first-order chi connectivity index (χ1) is 6.74. The lowest BCUT2D eigenvalue weighted by Gasteiger charge is -2.31. The molecule has 2 rings (SSSR count). The minimum Gasteiger partial charge on any atom is -0.304 e. The first-order valence-corrected chi connectivity index (χ1v) is 6.19. The first kappa shape index (κ1) is 10.5. The molecule has 1 aliphatic heterocycles. The number of aromatic nitrogens is 2. The number of rotatable bonds is 2. The molecule has 1 fully saturated rings. The second-order valence-corrected chi connectivity index (χ2v) is 5.57. The van der Waals surface area contributed by atoms with E-state index in [2.05, 4.69) is 42.1 Å². The van der Waals surface area contributed by atoms with Crippen LogP contribution in [0.4, 0.5) is 0 Å². The summed E-state index contributed by atoms with van der Waals surface area (Å²) in [7, 11) is 2.16. The Morgan fingerprint density at radius 2 is 2.07 bits per heavy atom. The van der Waals surface area contributed by atoms with E-state index in [9.17, 15) is 0 Å². The molecule has 0 unspecified atom stereocenters. The number of nitrogens with zero attached hydrogens (tertiary/aromatic N) is 4. The third-order valence-corrected chi connectivity index (χ3v) is 3.56. The summed E-state index contributed by atoms with van der Waals surface area (Å²) in [4.78, 5) is 9.04. The van der Waals surface area contributed by atoms with Crippen molar-refractivity contribution < 1.29 is 0 Å². The van der Waals surface area contributed by atoms with Crippen LogP contribution in [0.25, 0.3) is 0 Å². The lowest BCUT2D eigenvalue weighted by molar-refractivity contribution is 0.146. The maximum atomic E-state index is 4.29. The molecule has 6 heteroatoms. The summed E-state index contributed by atoms with van der Waals surface area (Å²) in [6.45, 7) is 5.41. The maximum absolute atomic E-state index is 4.29. The first-order valence-electron chi connectivity index (χ1n) is 4.63. The summed E-state index contributed by atoms with van der Waals surface area (Å²) in [6.07, 6.45) is 0. The fourth-order valence-corrected chi connectivity index (χ4v) is 2.35.